The highest BCUT2D eigenvalue weighted by Gasteiger charge is 2.27. The molecule has 0 bridgehead atoms. The number of amides is 1. The van der Waals surface area contributed by atoms with Gasteiger partial charge in [0.1, 0.15) is 6.04 Å². The van der Waals surface area contributed by atoms with E-state index >= 15 is 0 Å². The Morgan fingerprint density at radius 1 is 1.15 bits per heavy atom. The topological polar surface area (TPSA) is 72.5 Å². The smallest absolute Gasteiger partial charge is 0.329 e. The molecule has 3 rings (SSSR count). The van der Waals surface area contributed by atoms with E-state index in [0.717, 1.165) is 19.3 Å². The van der Waals surface area contributed by atoms with E-state index in [1.807, 2.05) is 26.0 Å². The minimum atomic E-state index is -0.799. The predicted octanol–water partition coefficient (Wildman–Crippen LogP) is 3.42. The summed E-state index contributed by atoms with van der Waals surface area (Å²) in [5, 5.41) is 4.50. The molecule has 0 radical (unpaired) electrons. The SMILES string of the molecule is CC(C)[C@@H](NC(=O)c1cccs1)C(=O)OCC(=O)c1ccc2c(c1)CCC2. The molecule has 0 saturated carbocycles. The number of thiophene rings is 1. The average molecular weight is 385 g/mol. The predicted molar refractivity (Wildman–Crippen MR) is 104 cm³/mol. The highest BCUT2D eigenvalue weighted by molar-refractivity contribution is 7.12. The van der Waals surface area contributed by atoms with Crippen molar-refractivity contribution in [2.45, 2.75) is 39.2 Å². The van der Waals surface area contributed by atoms with Crippen molar-refractivity contribution in [3.05, 3.63) is 57.3 Å². The van der Waals surface area contributed by atoms with E-state index in [4.69, 9.17) is 4.74 Å². The van der Waals surface area contributed by atoms with Crippen LogP contribution >= 0.6 is 11.3 Å². The molecule has 0 aliphatic heterocycles. The molecule has 1 heterocycles. The number of carbonyl (C=O) groups excluding carboxylic acids is 3. The van der Waals surface area contributed by atoms with Gasteiger partial charge in [-0.2, -0.15) is 0 Å². The summed E-state index contributed by atoms with van der Waals surface area (Å²) in [5.74, 6) is -1.29. The Balaban J connectivity index is 1.59. The molecule has 1 aromatic carbocycles. The van der Waals surface area contributed by atoms with Crippen molar-refractivity contribution < 1.29 is 19.1 Å². The van der Waals surface area contributed by atoms with Crippen LogP contribution in [0.1, 0.15) is 51.4 Å². The molecule has 2 aromatic rings. The standard InChI is InChI=1S/C21H23NO4S/c1-13(2)19(22-20(24)18-7-4-10-27-18)21(25)26-12-17(23)16-9-8-14-5-3-6-15(14)11-16/h4,7-11,13,19H,3,5-6,12H2,1-2H3,(H,22,24)/t19-/m1/s1. The highest BCUT2D eigenvalue weighted by Crippen LogP contribution is 2.23. The summed E-state index contributed by atoms with van der Waals surface area (Å²) in [7, 11) is 0. The number of fused-ring (bicyclic) bond motifs is 1. The van der Waals surface area contributed by atoms with Crippen LogP contribution in [0.5, 0.6) is 0 Å². The minimum Gasteiger partial charge on any atom is -0.456 e. The van der Waals surface area contributed by atoms with Gasteiger partial charge in [0.2, 0.25) is 0 Å². The third-order valence-electron chi connectivity index (χ3n) is 4.72. The Bertz CT molecular complexity index is 842. The van der Waals surface area contributed by atoms with E-state index in [1.165, 1.54) is 22.5 Å². The van der Waals surface area contributed by atoms with E-state index in [2.05, 4.69) is 5.32 Å². The first kappa shape index (κ1) is 19.3. The van der Waals surface area contributed by atoms with E-state index in [0.29, 0.717) is 10.4 Å². The Kier molecular flexibility index (Phi) is 6.06. The molecule has 142 valence electrons. The van der Waals surface area contributed by atoms with Gasteiger partial charge in [-0.15, -0.1) is 11.3 Å². The lowest BCUT2D eigenvalue weighted by molar-refractivity contribution is -0.145. The molecular formula is C21H23NO4S. The molecule has 6 heteroatoms. The van der Waals surface area contributed by atoms with Gasteiger partial charge in [-0.05, 0) is 53.8 Å². The molecular weight excluding hydrogens is 362 g/mol. The van der Waals surface area contributed by atoms with Crippen molar-refractivity contribution in [2.75, 3.05) is 6.61 Å². The molecule has 0 fully saturated rings. The Hall–Kier alpha value is -2.47. The maximum atomic E-state index is 12.4. The second-order valence-electron chi connectivity index (χ2n) is 7.04. The number of hydrogen-bond acceptors (Lipinski definition) is 5. The number of Topliss-reactive ketones (excluding diaryl/α,β-unsaturated/α-hetero) is 1. The lowest BCUT2D eigenvalue weighted by atomic mass is 10.0. The molecule has 0 saturated heterocycles. The highest BCUT2D eigenvalue weighted by atomic mass is 32.1. The number of ether oxygens (including phenoxy) is 1. The van der Waals surface area contributed by atoms with Gasteiger partial charge >= 0.3 is 5.97 Å². The van der Waals surface area contributed by atoms with Gasteiger partial charge in [-0.25, -0.2) is 4.79 Å². The zero-order valence-corrected chi connectivity index (χ0v) is 16.3. The zero-order chi connectivity index (χ0) is 19.4. The summed E-state index contributed by atoms with van der Waals surface area (Å²) >= 11 is 1.30. The van der Waals surface area contributed by atoms with E-state index in [9.17, 15) is 14.4 Å². The lowest BCUT2D eigenvalue weighted by Crippen LogP contribution is -2.45. The molecule has 1 amide bonds. The van der Waals surface area contributed by atoms with E-state index < -0.39 is 12.0 Å². The lowest BCUT2D eigenvalue weighted by Gasteiger charge is -2.20. The number of rotatable bonds is 7. The molecule has 27 heavy (non-hydrogen) atoms. The minimum absolute atomic E-state index is 0.156. The van der Waals surface area contributed by atoms with Crippen molar-refractivity contribution in [1.82, 2.24) is 5.32 Å². The van der Waals surface area contributed by atoms with Crippen LogP contribution in [0, 0.1) is 5.92 Å². The number of benzene rings is 1. The number of carbonyl (C=O) groups is 3. The van der Waals surface area contributed by atoms with Gasteiger partial charge in [0, 0.05) is 5.56 Å². The first-order chi connectivity index (χ1) is 13.0. The van der Waals surface area contributed by atoms with Gasteiger partial charge < -0.3 is 10.1 Å². The average Bonchev–Trinajstić information content (AvgIpc) is 3.34. The first-order valence-electron chi connectivity index (χ1n) is 9.11. The number of ketones is 1. The normalized spacial score (nSPS) is 13.9. The summed E-state index contributed by atoms with van der Waals surface area (Å²) in [6.07, 6.45) is 3.15. The zero-order valence-electron chi connectivity index (χ0n) is 15.5. The van der Waals surface area contributed by atoms with Crippen LogP contribution in [-0.2, 0) is 22.4 Å². The summed E-state index contributed by atoms with van der Waals surface area (Å²) in [6.45, 7) is 3.32. The van der Waals surface area contributed by atoms with Gasteiger partial charge in [0.05, 0.1) is 4.88 Å². The quantitative estimate of drug-likeness (QED) is 0.586. The van der Waals surface area contributed by atoms with Crippen LogP contribution in [0.3, 0.4) is 0 Å². The monoisotopic (exact) mass is 385 g/mol. The third-order valence-corrected chi connectivity index (χ3v) is 5.59. The number of nitrogens with one attached hydrogen (secondary N) is 1. The van der Waals surface area contributed by atoms with Crippen LogP contribution in [0.15, 0.2) is 35.7 Å². The molecule has 0 unspecified atom stereocenters. The third kappa shape index (κ3) is 4.63. The van der Waals surface area contributed by atoms with Crippen LogP contribution in [0.2, 0.25) is 0 Å². The summed E-state index contributed by atoms with van der Waals surface area (Å²) in [5.41, 5.74) is 3.06. The van der Waals surface area contributed by atoms with Crippen molar-refractivity contribution in [1.29, 1.82) is 0 Å². The van der Waals surface area contributed by atoms with Gasteiger partial charge in [0.25, 0.3) is 5.91 Å². The first-order valence-corrected chi connectivity index (χ1v) is 9.99. The summed E-state index contributed by atoms with van der Waals surface area (Å²) in [4.78, 5) is 37.6. The second-order valence-corrected chi connectivity index (χ2v) is 7.99. The van der Waals surface area contributed by atoms with Crippen molar-refractivity contribution in [2.24, 2.45) is 5.92 Å². The van der Waals surface area contributed by atoms with E-state index in [1.54, 1.807) is 23.6 Å². The van der Waals surface area contributed by atoms with Gasteiger partial charge in [-0.3, -0.25) is 9.59 Å². The van der Waals surface area contributed by atoms with Crippen LogP contribution < -0.4 is 5.32 Å². The van der Waals surface area contributed by atoms with Crippen LogP contribution in [-0.4, -0.2) is 30.3 Å². The van der Waals surface area contributed by atoms with Crippen LogP contribution in [0.25, 0.3) is 0 Å². The van der Waals surface area contributed by atoms with Crippen molar-refractivity contribution in [3.63, 3.8) is 0 Å². The molecule has 1 aliphatic rings. The van der Waals surface area contributed by atoms with Crippen molar-refractivity contribution >= 4 is 29.0 Å². The molecule has 1 atom stereocenters. The Labute approximate surface area is 162 Å². The second kappa shape index (κ2) is 8.48. The van der Waals surface area contributed by atoms with Gasteiger partial charge in [-0.1, -0.05) is 32.0 Å². The fraction of sp³-hybridized carbons (Fsp3) is 0.381. The molecule has 5 nitrogen and oxygen atoms in total. The maximum Gasteiger partial charge on any atom is 0.329 e. The fourth-order valence-electron chi connectivity index (χ4n) is 3.17. The molecule has 1 aliphatic carbocycles. The number of hydrogen-bond donors (Lipinski definition) is 1. The largest absolute Gasteiger partial charge is 0.456 e. The summed E-state index contributed by atoms with van der Waals surface area (Å²) in [6, 6.07) is 8.34. The van der Waals surface area contributed by atoms with Crippen LogP contribution in [0.4, 0.5) is 0 Å². The Morgan fingerprint density at radius 3 is 2.63 bits per heavy atom. The number of aryl methyl sites for hydroxylation is 2. The molecule has 1 N–H and O–H groups in total. The maximum absolute atomic E-state index is 12.4. The molecule has 0 spiro atoms. The molecule has 1 aromatic heterocycles. The van der Waals surface area contributed by atoms with Crippen molar-refractivity contribution in [3.8, 4) is 0 Å². The van der Waals surface area contributed by atoms with Gasteiger partial charge in [0.15, 0.2) is 12.4 Å². The summed E-state index contributed by atoms with van der Waals surface area (Å²) < 4.78 is 5.22. The van der Waals surface area contributed by atoms with E-state index in [-0.39, 0.29) is 24.2 Å². The Morgan fingerprint density at radius 2 is 1.93 bits per heavy atom. The number of esters is 1. The fourth-order valence-corrected chi connectivity index (χ4v) is 3.80.